The molecule has 3 nitrogen and oxygen atoms in total. The molecule has 0 bridgehead atoms. The molecule has 5 aromatic carbocycles. The Balaban J connectivity index is 1.60. The highest BCUT2D eigenvalue weighted by Gasteiger charge is 2.20. The molecule has 0 spiro atoms. The van der Waals surface area contributed by atoms with Crippen LogP contribution in [0.3, 0.4) is 0 Å². The van der Waals surface area contributed by atoms with E-state index in [1.807, 2.05) is 12.1 Å². The summed E-state index contributed by atoms with van der Waals surface area (Å²) >= 11 is 0. The van der Waals surface area contributed by atoms with Gasteiger partial charge in [-0.25, -0.2) is 0 Å². The van der Waals surface area contributed by atoms with Crippen molar-refractivity contribution in [3.8, 4) is 11.5 Å². The SMILES string of the molecule is C=CCOc1c(C=O)cc(C(C)(C)C)cc1COc1ccc2ccc3cccc4ccc1c2c34. The van der Waals surface area contributed by atoms with Crippen LogP contribution in [0.2, 0.25) is 0 Å². The van der Waals surface area contributed by atoms with Crippen LogP contribution in [-0.4, -0.2) is 12.9 Å². The minimum absolute atomic E-state index is 0.115. The summed E-state index contributed by atoms with van der Waals surface area (Å²) in [4.78, 5) is 11.9. The number of hydrogen-bond donors (Lipinski definition) is 0. The number of ether oxygens (including phenoxy) is 2. The van der Waals surface area contributed by atoms with Crippen molar-refractivity contribution in [2.45, 2.75) is 32.8 Å². The number of carbonyl (C=O) groups is 1. The van der Waals surface area contributed by atoms with Crippen LogP contribution in [0.4, 0.5) is 0 Å². The molecular weight excluding hydrogens is 420 g/mol. The van der Waals surface area contributed by atoms with E-state index in [4.69, 9.17) is 9.47 Å². The van der Waals surface area contributed by atoms with Crippen LogP contribution in [0.25, 0.3) is 32.3 Å². The minimum atomic E-state index is -0.115. The molecule has 0 unspecified atom stereocenters. The zero-order chi connectivity index (χ0) is 23.9. The second-order valence-corrected chi connectivity index (χ2v) is 9.73. The fourth-order valence-corrected chi connectivity index (χ4v) is 4.65. The zero-order valence-electron chi connectivity index (χ0n) is 19.9. The summed E-state index contributed by atoms with van der Waals surface area (Å²) < 4.78 is 12.3. The molecule has 0 heterocycles. The first-order valence-corrected chi connectivity index (χ1v) is 11.6. The van der Waals surface area contributed by atoms with Crippen molar-refractivity contribution in [2.24, 2.45) is 0 Å². The van der Waals surface area contributed by atoms with E-state index in [1.165, 1.54) is 26.9 Å². The third-order valence-corrected chi connectivity index (χ3v) is 6.40. The van der Waals surface area contributed by atoms with Crippen LogP contribution in [0.5, 0.6) is 11.5 Å². The largest absolute Gasteiger partial charge is 0.488 e. The fourth-order valence-electron chi connectivity index (χ4n) is 4.65. The molecule has 0 aromatic heterocycles. The summed E-state index contributed by atoms with van der Waals surface area (Å²) in [5, 5.41) is 7.20. The van der Waals surface area contributed by atoms with Crippen molar-refractivity contribution in [2.75, 3.05) is 6.61 Å². The molecule has 5 aromatic rings. The minimum Gasteiger partial charge on any atom is -0.488 e. The Morgan fingerprint density at radius 2 is 1.53 bits per heavy atom. The van der Waals surface area contributed by atoms with E-state index < -0.39 is 0 Å². The van der Waals surface area contributed by atoms with Crippen LogP contribution in [0.15, 0.2) is 79.4 Å². The molecule has 0 fully saturated rings. The maximum Gasteiger partial charge on any atom is 0.153 e. The van der Waals surface area contributed by atoms with Gasteiger partial charge in [0.05, 0.1) is 5.56 Å². The average molecular weight is 449 g/mol. The third kappa shape index (κ3) is 3.77. The predicted molar refractivity (Wildman–Crippen MR) is 141 cm³/mol. The normalized spacial score (nSPS) is 11.9. The van der Waals surface area contributed by atoms with Crippen molar-refractivity contribution < 1.29 is 14.3 Å². The van der Waals surface area contributed by atoms with Gasteiger partial charge in [-0.3, -0.25) is 4.79 Å². The Kier molecular flexibility index (Phi) is 5.49. The smallest absolute Gasteiger partial charge is 0.153 e. The van der Waals surface area contributed by atoms with Crippen LogP contribution in [-0.2, 0) is 12.0 Å². The van der Waals surface area contributed by atoms with Gasteiger partial charge >= 0.3 is 0 Å². The van der Waals surface area contributed by atoms with Gasteiger partial charge in [-0.1, -0.05) is 75.9 Å². The fraction of sp³-hybridized carbons (Fsp3) is 0.194. The summed E-state index contributed by atoms with van der Waals surface area (Å²) in [5.41, 5.74) is 2.33. The quantitative estimate of drug-likeness (QED) is 0.145. The molecule has 0 saturated heterocycles. The lowest BCUT2D eigenvalue weighted by Gasteiger charge is -2.23. The Morgan fingerprint density at radius 1 is 0.853 bits per heavy atom. The molecule has 0 amide bonds. The van der Waals surface area contributed by atoms with Crippen molar-refractivity contribution in [1.82, 2.24) is 0 Å². The van der Waals surface area contributed by atoms with Crippen LogP contribution in [0, 0.1) is 0 Å². The molecular formula is C31H28O3. The van der Waals surface area contributed by atoms with Gasteiger partial charge in [0.2, 0.25) is 0 Å². The van der Waals surface area contributed by atoms with E-state index in [2.05, 4.69) is 81.9 Å². The molecule has 3 heteroatoms. The number of aldehydes is 1. The molecule has 0 aliphatic rings. The molecule has 0 aliphatic heterocycles. The van der Waals surface area contributed by atoms with E-state index in [-0.39, 0.29) is 5.41 Å². The number of hydrogen-bond acceptors (Lipinski definition) is 3. The van der Waals surface area contributed by atoms with Gasteiger partial charge in [0.25, 0.3) is 0 Å². The first-order chi connectivity index (χ1) is 16.4. The lowest BCUT2D eigenvalue weighted by atomic mass is 9.85. The summed E-state index contributed by atoms with van der Waals surface area (Å²) in [6.45, 7) is 10.7. The molecule has 0 N–H and O–H groups in total. The molecule has 170 valence electrons. The van der Waals surface area contributed by atoms with Gasteiger partial charge in [-0.2, -0.15) is 0 Å². The number of benzene rings is 5. The molecule has 0 radical (unpaired) electrons. The predicted octanol–water partition coefficient (Wildman–Crippen LogP) is 7.84. The summed E-state index contributed by atoms with van der Waals surface area (Å²) in [6.07, 6.45) is 2.53. The van der Waals surface area contributed by atoms with Crippen molar-refractivity contribution >= 4 is 38.6 Å². The molecule has 34 heavy (non-hydrogen) atoms. The van der Waals surface area contributed by atoms with E-state index in [1.54, 1.807) is 6.08 Å². The van der Waals surface area contributed by atoms with Gasteiger partial charge in [0.15, 0.2) is 6.29 Å². The van der Waals surface area contributed by atoms with E-state index in [9.17, 15) is 4.79 Å². The van der Waals surface area contributed by atoms with Crippen LogP contribution in [0.1, 0.15) is 42.3 Å². The maximum atomic E-state index is 11.9. The number of carbonyl (C=O) groups excluding carboxylic acids is 1. The second kappa shape index (κ2) is 8.49. The van der Waals surface area contributed by atoms with Crippen molar-refractivity contribution in [3.63, 3.8) is 0 Å². The second-order valence-electron chi connectivity index (χ2n) is 9.73. The summed E-state index contributed by atoms with van der Waals surface area (Å²) in [6, 6.07) is 23.2. The topological polar surface area (TPSA) is 35.5 Å². The molecule has 5 rings (SSSR count). The summed E-state index contributed by atoms with van der Waals surface area (Å²) in [7, 11) is 0. The van der Waals surface area contributed by atoms with Gasteiger partial charge in [0.1, 0.15) is 24.7 Å². The van der Waals surface area contributed by atoms with Gasteiger partial charge in [-0.05, 0) is 56.8 Å². The first kappa shape index (κ1) is 22.0. The zero-order valence-corrected chi connectivity index (χ0v) is 19.9. The first-order valence-electron chi connectivity index (χ1n) is 11.6. The Bertz CT molecular complexity index is 1510. The Hall–Kier alpha value is -3.85. The van der Waals surface area contributed by atoms with E-state index in [0.29, 0.717) is 24.5 Å². The van der Waals surface area contributed by atoms with E-state index >= 15 is 0 Å². The standard InChI is InChI=1S/C31H28O3/c1-5-15-33-30-23(18-32)16-25(31(2,3)4)17-24(30)19-34-27-14-12-22-10-9-20-7-6-8-21-11-13-26(27)29(22)28(20)21/h5-14,16-18H,1,15,19H2,2-4H3. The van der Waals surface area contributed by atoms with Crippen LogP contribution >= 0.6 is 0 Å². The summed E-state index contributed by atoms with van der Waals surface area (Å²) in [5.74, 6) is 1.37. The average Bonchev–Trinajstić information content (AvgIpc) is 2.84. The number of rotatable bonds is 7. The third-order valence-electron chi connectivity index (χ3n) is 6.40. The van der Waals surface area contributed by atoms with Crippen molar-refractivity contribution in [3.05, 3.63) is 96.1 Å². The van der Waals surface area contributed by atoms with Crippen LogP contribution < -0.4 is 9.47 Å². The monoisotopic (exact) mass is 448 g/mol. The van der Waals surface area contributed by atoms with Gasteiger partial charge in [0, 0.05) is 16.3 Å². The maximum absolute atomic E-state index is 11.9. The highest BCUT2D eigenvalue weighted by molar-refractivity contribution is 6.24. The van der Waals surface area contributed by atoms with Gasteiger partial charge in [-0.15, -0.1) is 0 Å². The highest BCUT2D eigenvalue weighted by Crippen LogP contribution is 2.39. The molecule has 0 aliphatic carbocycles. The lowest BCUT2D eigenvalue weighted by Crippen LogP contribution is -2.14. The Morgan fingerprint density at radius 3 is 2.21 bits per heavy atom. The highest BCUT2D eigenvalue weighted by atomic mass is 16.5. The van der Waals surface area contributed by atoms with Gasteiger partial charge < -0.3 is 9.47 Å². The molecule has 0 atom stereocenters. The lowest BCUT2D eigenvalue weighted by molar-refractivity contribution is 0.111. The molecule has 0 saturated carbocycles. The van der Waals surface area contributed by atoms with Crippen molar-refractivity contribution in [1.29, 1.82) is 0 Å². The Labute approximate surface area is 199 Å². The van der Waals surface area contributed by atoms with E-state index in [0.717, 1.165) is 28.5 Å².